The Morgan fingerprint density at radius 3 is 2.24 bits per heavy atom. The largest absolute Gasteiger partial charge is 0.388 e. The molecule has 1 rings (SSSR count). The number of unbranched alkanes of at least 4 members (excludes halogenated alkanes) is 8. The van der Waals surface area contributed by atoms with Crippen molar-refractivity contribution in [3.8, 4) is 0 Å². The first kappa shape index (κ1) is 22.6. The molecule has 148 valence electrons. The summed E-state index contributed by atoms with van der Waals surface area (Å²) < 4.78 is 10.6. The highest BCUT2D eigenvalue weighted by molar-refractivity contribution is 4.87. The van der Waals surface area contributed by atoms with Crippen LogP contribution in [0.4, 0.5) is 0 Å². The molecule has 1 aliphatic heterocycles. The molecule has 0 unspecified atom stereocenters. The third-order valence-corrected chi connectivity index (χ3v) is 4.67. The van der Waals surface area contributed by atoms with Gasteiger partial charge >= 0.3 is 0 Å². The van der Waals surface area contributed by atoms with E-state index >= 15 is 0 Å². The van der Waals surface area contributed by atoms with Gasteiger partial charge in [-0.05, 0) is 25.7 Å². The second kappa shape index (κ2) is 14.7. The van der Waals surface area contributed by atoms with E-state index < -0.39 is 24.4 Å². The number of allylic oxidation sites excluding steroid dienone is 2. The van der Waals surface area contributed by atoms with Crippen LogP contribution in [0.1, 0.15) is 71.1 Å². The number of rotatable bonds is 15. The molecule has 5 nitrogen and oxygen atoms in total. The van der Waals surface area contributed by atoms with Crippen LogP contribution in [0.5, 0.6) is 0 Å². The Kier molecular flexibility index (Phi) is 13.3. The third-order valence-electron chi connectivity index (χ3n) is 4.67. The van der Waals surface area contributed by atoms with Crippen molar-refractivity contribution in [3.05, 3.63) is 12.2 Å². The minimum Gasteiger partial charge on any atom is -0.388 e. The summed E-state index contributed by atoms with van der Waals surface area (Å²) in [7, 11) is 0. The summed E-state index contributed by atoms with van der Waals surface area (Å²) in [5.41, 5.74) is 0. The molecule has 0 saturated carbocycles. The van der Waals surface area contributed by atoms with Gasteiger partial charge in [0.25, 0.3) is 0 Å². The van der Waals surface area contributed by atoms with Gasteiger partial charge in [-0.3, -0.25) is 0 Å². The molecule has 4 atom stereocenters. The summed E-state index contributed by atoms with van der Waals surface area (Å²) in [6.45, 7) is 2.99. The fourth-order valence-corrected chi connectivity index (χ4v) is 3.07. The number of aliphatic hydroxyl groups is 3. The lowest BCUT2D eigenvalue weighted by atomic mass is 10.1. The highest BCUT2D eigenvalue weighted by Crippen LogP contribution is 2.18. The van der Waals surface area contributed by atoms with Gasteiger partial charge in [0, 0.05) is 6.61 Å². The highest BCUT2D eigenvalue weighted by atomic mass is 16.5. The van der Waals surface area contributed by atoms with Crippen molar-refractivity contribution < 1.29 is 24.8 Å². The molecule has 0 amide bonds. The molecule has 0 bridgehead atoms. The Balaban J connectivity index is 1.82. The second-order valence-corrected chi connectivity index (χ2v) is 6.99. The molecule has 0 aromatic rings. The van der Waals surface area contributed by atoms with Crippen molar-refractivity contribution >= 4 is 0 Å². The first-order chi connectivity index (χ1) is 12.2. The maximum Gasteiger partial charge on any atom is 0.114 e. The molecule has 3 N–H and O–H groups in total. The summed E-state index contributed by atoms with van der Waals surface area (Å²) in [4.78, 5) is 0. The highest BCUT2D eigenvalue weighted by Gasteiger charge is 2.39. The fourth-order valence-electron chi connectivity index (χ4n) is 3.07. The zero-order valence-electron chi connectivity index (χ0n) is 15.8. The second-order valence-electron chi connectivity index (χ2n) is 6.99. The molecule has 1 aliphatic rings. The Hall–Kier alpha value is -0.460. The molecule has 0 aliphatic carbocycles. The van der Waals surface area contributed by atoms with Crippen LogP contribution in [-0.4, -0.2) is 59.6 Å². The van der Waals surface area contributed by atoms with Crippen molar-refractivity contribution in [1.29, 1.82) is 0 Å². The molecule has 1 saturated heterocycles. The van der Waals surface area contributed by atoms with E-state index in [2.05, 4.69) is 19.1 Å². The lowest BCUT2D eigenvalue weighted by Gasteiger charge is -2.20. The predicted octanol–water partition coefficient (Wildman–Crippen LogP) is 2.96. The quantitative estimate of drug-likeness (QED) is 0.310. The van der Waals surface area contributed by atoms with Crippen LogP contribution in [0, 0.1) is 0 Å². The van der Waals surface area contributed by atoms with E-state index in [4.69, 9.17) is 9.47 Å². The van der Waals surface area contributed by atoms with Gasteiger partial charge in [-0.1, -0.05) is 57.6 Å². The summed E-state index contributed by atoms with van der Waals surface area (Å²) in [6.07, 6.45) is 13.3. The minimum atomic E-state index is -1.03. The van der Waals surface area contributed by atoms with Crippen molar-refractivity contribution in [2.45, 2.75) is 95.5 Å². The average Bonchev–Trinajstić information content (AvgIpc) is 2.94. The van der Waals surface area contributed by atoms with E-state index in [9.17, 15) is 15.3 Å². The van der Waals surface area contributed by atoms with Gasteiger partial charge in [0.05, 0.1) is 13.2 Å². The Morgan fingerprint density at radius 1 is 1.00 bits per heavy atom. The fraction of sp³-hybridized carbons (Fsp3) is 0.900. The van der Waals surface area contributed by atoms with Gasteiger partial charge in [0.1, 0.15) is 24.4 Å². The summed E-state index contributed by atoms with van der Waals surface area (Å²) in [5, 5.41) is 28.9. The molecule has 25 heavy (non-hydrogen) atoms. The average molecular weight is 359 g/mol. The van der Waals surface area contributed by atoms with Crippen LogP contribution < -0.4 is 0 Å². The van der Waals surface area contributed by atoms with Crippen LogP contribution in [0.25, 0.3) is 0 Å². The molecule has 1 heterocycles. The molecular formula is C20H38O5. The van der Waals surface area contributed by atoms with Crippen molar-refractivity contribution in [2.24, 2.45) is 0 Å². The van der Waals surface area contributed by atoms with Crippen molar-refractivity contribution in [2.75, 3.05) is 19.8 Å². The number of hydrogen-bond donors (Lipinski definition) is 3. The lowest BCUT2D eigenvalue weighted by Crippen LogP contribution is -2.40. The Morgan fingerprint density at radius 2 is 1.64 bits per heavy atom. The Bertz CT molecular complexity index is 334. The van der Waals surface area contributed by atoms with Crippen molar-refractivity contribution in [1.82, 2.24) is 0 Å². The van der Waals surface area contributed by atoms with Gasteiger partial charge in [0.2, 0.25) is 0 Å². The van der Waals surface area contributed by atoms with Crippen molar-refractivity contribution in [3.63, 3.8) is 0 Å². The molecular weight excluding hydrogens is 320 g/mol. The van der Waals surface area contributed by atoms with E-state index in [1.54, 1.807) is 0 Å². The number of hydrogen-bond acceptors (Lipinski definition) is 5. The molecule has 0 aromatic heterocycles. The van der Waals surface area contributed by atoms with Crippen LogP contribution in [-0.2, 0) is 9.47 Å². The summed E-state index contributed by atoms with van der Waals surface area (Å²) >= 11 is 0. The smallest absolute Gasteiger partial charge is 0.114 e. The van der Waals surface area contributed by atoms with Crippen LogP contribution in [0.3, 0.4) is 0 Å². The number of aliphatic hydroxyl groups excluding tert-OH is 3. The zero-order valence-corrected chi connectivity index (χ0v) is 15.8. The van der Waals surface area contributed by atoms with E-state index in [1.165, 1.54) is 44.9 Å². The topological polar surface area (TPSA) is 79.2 Å². The molecule has 0 aromatic carbocycles. The van der Waals surface area contributed by atoms with Gasteiger partial charge < -0.3 is 24.8 Å². The maximum atomic E-state index is 9.90. The van der Waals surface area contributed by atoms with Crippen LogP contribution >= 0.6 is 0 Å². The molecule has 5 heteroatoms. The normalized spacial score (nSPS) is 25.0. The minimum absolute atomic E-state index is 0.0678. The van der Waals surface area contributed by atoms with E-state index in [0.717, 1.165) is 19.3 Å². The van der Waals surface area contributed by atoms with Crippen LogP contribution in [0.15, 0.2) is 12.2 Å². The Labute approximate surface area is 153 Å². The van der Waals surface area contributed by atoms with Gasteiger partial charge in [-0.25, -0.2) is 0 Å². The molecule has 1 fully saturated rings. The van der Waals surface area contributed by atoms with E-state index in [0.29, 0.717) is 6.61 Å². The van der Waals surface area contributed by atoms with Gasteiger partial charge in [0.15, 0.2) is 0 Å². The van der Waals surface area contributed by atoms with Crippen LogP contribution in [0.2, 0.25) is 0 Å². The molecule has 0 spiro atoms. The lowest BCUT2D eigenvalue weighted by molar-refractivity contribution is -0.0813. The number of ether oxygens (including phenoxy) is 2. The summed E-state index contributed by atoms with van der Waals surface area (Å²) in [6, 6.07) is 0. The third kappa shape index (κ3) is 10.3. The standard InChI is InChI=1S/C20H38O5/c1-2-3-4-5-6-7-8-9-10-11-12-13-14-24-15-18(22)20-19(23)17(21)16-25-20/h3-4,17-23H,2,5-16H2,1H3/b4-3+/t17-,18+,19-,20-/m0/s1. The SMILES string of the molecule is CC/C=C/CCCCCCCCCCOC[C@@H](O)[C@@H]1OC[C@H](O)[C@@H]1O. The van der Waals surface area contributed by atoms with Gasteiger partial charge in [-0.2, -0.15) is 0 Å². The van der Waals surface area contributed by atoms with E-state index in [-0.39, 0.29) is 13.2 Å². The van der Waals surface area contributed by atoms with Gasteiger partial charge in [-0.15, -0.1) is 0 Å². The first-order valence-electron chi connectivity index (χ1n) is 10.0. The first-order valence-corrected chi connectivity index (χ1v) is 10.0. The molecule has 0 radical (unpaired) electrons. The monoisotopic (exact) mass is 358 g/mol. The maximum absolute atomic E-state index is 9.90. The van der Waals surface area contributed by atoms with E-state index in [1.807, 2.05) is 0 Å². The zero-order chi connectivity index (χ0) is 18.3. The summed E-state index contributed by atoms with van der Waals surface area (Å²) in [5.74, 6) is 0. The predicted molar refractivity (Wildman–Crippen MR) is 99.6 cm³/mol.